The summed E-state index contributed by atoms with van der Waals surface area (Å²) in [6, 6.07) is 0.464. The summed E-state index contributed by atoms with van der Waals surface area (Å²) in [7, 11) is 0. The van der Waals surface area contributed by atoms with Crippen LogP contribution in [0.25, 0.3) is 0 Å². The van der Waals surface area contributed by atoms with Gasteiger partial charge in [-0.1, -0.05) is 32.6 Å². The van der Waals surface area contributed by atoms with Crippen LogP contribution in [0.3, 0.4) is 0 Å². The first-order valence-electron chi connectivity index (χ1n) is 8.77. The van der Waals surface area contributed by atoms with Crippen LogP contribution in [0, 0.1) is 5.92 Å². The fourth-order valence-electron chi connectivity index (χ4n) is 4.19. The molecular formula is C17H33NO2. The smallest absolute Gasteiger partial charge is 0.0838 e. The lowest BCUT2D eigenvalue weighted by Gasteiger charge is -2.45. The van der Waals surface area contributed by atoms with Crippen LogP contribution in [0.15, 0.2) is 0 Å². The molecule has 0 radical (unpaired) electrons. The predicted octanol–water partition coefficient (Wildman–Crippen LogP) is 3.52. The van der Waals surface area contributed by atoms with Crippen molar-refractivity contribution in [2.45, 2.75) is 76.9 Å². The third kappa shape index (κ3) is 3.96. The van der Waals surface area contributed by atoms with Crippen molar-refractivity contribution in [2.24, 2.45) is 5.92 Å². The van der Waals surface area contributed by atoms with Gasteiger partial charge in [-0.05, 0) is 39.2 Å². The first kappa shape index (κ1) is 16.3. The summed E-state index contributed by atoms with van der Waals surface area (Å²) in [5.74, 6) is 0.619. The van der Waals surface area contributed by atoms with E-state index < -0.39 is 0 Å². The van der Waals surface area contributed by atoms with Crippen LogP contribution in [-0.2, 0) is 9.47 Å². The van der Waals surface area contributed by atoms with E-state index in [1.807, 2.05) is 0 Å². The summed E-state index contributed by atoms with van der Waals surface area (Å²) in [5.41, 5.74) is 0.0482. The summed E-state index contributed by atoms with van der Waals surface area (Å²) in [6.07, 6.45) is 10.3. The maximum absolute atomic E-state index is 6.40. The molecule has 3 nitrogen and oxygen atoms in total. The first-order chi connectivity index (χ1) is 9.82. The van der Waals surface area contributed by atoms with Crippen LogP contribution >= 0.6 is 0 Å². The van der Waals surface area contributed by atoms with Gasteiger partial charge >= 0.3 is 0 Å². The SMILES string of the molecule is CCNC(C1CCCOC1)C1(OCC)CCCCCC1. The minimum Gasteiger partial charge on any atom is -0.381 e. The van der Waals surface area contributed by atoms with E-state index in [0.717, 1.165) is 26.4 Å². The molecule has 2 rings (SSSR count). The molecule has 2 fully saturated rings. The van der Waals surface area contributed by atoms with E-state index in [0.29, 0.717) is 12.0 Å². The van der Waals surface area contributed by atoms with E-state index in [2.05, 4.69) is 19.2 Å². The highest BCUT2D eigenvalue weighted by Crippen LogP contribution is 2.38. The molecule has 1 saturated heterocycles. The Morgan fingerprint density at radius 2 is 1.90 bits per heavy atom. The second-order valence-corrected chi connectivity index (χ2v) is 6.42. The second-order valence-electron chi connectivity index (χ2n) is 6.42. The Labute approximate surface area is 124 Å². The fraction of sp³-hybridized carbons (Fsp3) is 1.00. The minimum absolute atomic E-state index is 0.0482. The maximum atomic E-state index is 6.40. The lowest BCUT2D eigenvalue weighted by Crippen LogP contribution is -2.57. The van der Waals surface area contributed by atoms with Crippen molar-refractivity contribution in [3.63, 3.8) is 0 Å². The number of nitrogens with one attached hydrogen (secondary N) is 1. The van der Waals surface area contributed by atoms with Crippen molar-refractivity contribution < 1.29 is 9.47 Å². The molecule has 2 aliphatic rings. The van der Waals surface area contributed by atoms with Crippen molar-refractivity contribution in [2.75, 3.05) is 26.4 Å². The summed E-state index contributed by atoms with van der Waals surface area (Å²) in [5, 5.41) is 3.77. The van der Waals surface area contributed by atoms with Crippen LogP contribution in [0.1, 0.15) is 65.2 Å². The van der Waals surface area contributed by atoms with Gasteiger partial charge < -0.3 is 14.8 Å². The topological polar surface area (TPSA) is 30.5 Å². The molecule has 1 aliphatic heterocycles. The molecule has 1 saturated carbocycles. The Balaban J connectivity index is 2.15. The highest BCUT2D eigenvalue weighted by Gasteiger charge is 2.43. The molecule has 0 bridgehead atoms. The van der Waals surface area contributed by atoms with Gasteiger partial charge in [-0.25, -0.2) is 0 Å². The quantitative estimate of drug-likeness (QED) is 0.757. The van der Waals surface area contributed by atoms with Gasteiger partial charge in [0.1, 0.15) is 0 Å². The molecule has 0 spiro atoms. The zero-order chi connectivity index (χ0) is 14.3. The Morgan fingerprint density at radius 3 is 2.45 bits per heavy atom. The van der Waals surface area contributed by atoms with E-state index in [1.54, 1.807) is 0 Å². The molecule has 0 aromatic rings. The summed E-state index contributed by atoms with van der Waals surface area (Å²) < 4.78 is 12.2. The van der Waals surface area contributed by atoms with E-state index >= 15 is 0 Å². The van der Waals surface area contributed by atoms with Crippen molar-refractivity contribution in [1.82, 2.24) is 5.32 Å². The molecule has 118 valence electrons. The third-order valence-corrected chi connectivity index (χ3v) is 5.04. The van der Waals surface area contributed by atoms with Crippen LogP contribution in [0.4, 0.5) is 0 Å². The summed E-state index contributed by atoms with van der Waals surface area (Å²) in [6.45, 7) is 8.06. The lowest BCUT2D eigenvalue weighted by atomic mass is 9.77. The molecule has 0 aromatic heterocycles. The van der Waals surface area contributed by atoms with Gasteiger partial charge in [0.25, 0.3) is 0 Å². The number of ether oxygens (including phenoxy) is 2. The normalized spacial score (nSPS) is 28.8. The van der Waals surface area contributed by atoms with Crippen molar-refractivity contribution in [1.29, 1.82) is 0 Å². The van der Waals surface area contributed by atoms with Crippen LogP contribution in [0.2, 0.25) is 0 Å². The largest absolute Gasteiger partial charge is 0.381 e. The number of hydrogen-bond acceptors (Lipinski definition) is 3. The molecule has 0 amide bonds. The molecule has 1 N–H and O–H groups in total. The molecule has 2 atom stereocenters. The van der Waals surface area contributed by atoms with Gasteiger partial charge in [0.05, 0.1) is 12.2 Å². The van der Waals surface area contributed by atoms with Crippen LogP contribution in [-0.4, -0.2) is 38.0 Å². The van der Waals surface area contributed by atoms with Crippen molar-refractivity contribution >= 4 is 0 Å². The molecule has 3 heteroatoms. The van der Waals surface area contributed by atoms with Gasteiger partial charge in [0.15, 0.2) is 0 Å². The Bertz CT molecular complexity index is 256. The third-order valence-electron chi connectivity index (χ3n) is 5.04. The lowest BCUT2D eigenvalue weighted by molar-refractivity contribution is -0.105. The van der Waals surface area contributed by atoms with Crippen molar-refractivity contribution in [3.05, 3.63) is 0 Å². The fourth-order valence-corrected chi connectivity index (χ4v) is 4.19. The Morgan fingerprint density at radius 1 is 1.15 bits per heavy atom. The molecule has 0 aromatic carbocycles. The van der Waals surface area contributed by atoms with E-state index in [9.17, 15) is 0 Å². The number of likely N-dealkylation sites (N-methyl/N-ethyl adjacent to an activating group) is 1. The van der Waals surface area contributed by atoms with Gasteiger partial charge in [0, 0.05) is 25.2 Å². The van der Waals surface area contributed by atoms with Gasteiger partial charge in [-0.3, -0.25) is 0 Å². The zero-order valence-electron chi connectivity index (χ0n) is 13.5. The molecular weight excluding hydrogens is 250 g/mol. The van der Waals surface area contributed by atoms with Crippen LogP contribution < -0.4 is 5.32 Å². The molecule has 1 aliphatic carbocycles. The number of rotatable bonds is 6. The summed E-state index contributed by atoms with van der Waals surface area (Å²) >= 11 is 0. The summed E-state index contributed by atoms with van der Waals surface area (Å²) in [4.78, 5) is 0. The highest BCUT2D eigenvalue weighted by molar-refractivity contribution is 4.98. The second kappa shape index (κ2) is 8.35. The Hall–Kier alpha value is -0.120. The van der Waals surface area contributed by atoms with Gasteiger partial charge in [-0.2, -0.15) is 0 Å². The molecule has 2 unspecified atom stereocenters. The van der Waals surface area contributed by atoms with Crippen LogP contribution in [0.5, 0.6) is 0 Å². The minimum atomic E-state index is 0.0482. The first-order valence-corrected chi connectivity index (χ1v) is 8.77. The molecule has 20 heavy (non-hydrogen) atoms. The van der Waals surface area contributed by atoms with Gasteiger partial charge in [-0.15, -0.1) is 0 Å². The van der Waals surface area contributed by atoms with E-state index in [1.165, 1.54) is 51.4 Å². The van der Waals surface area contributed by atoms with E-state index in [4.69, 9.17) is 9.47 Å². The highest BCUT2D eigenvalue weighted by atomic mass is 16.5. The van der Waals surface area contributed by atoms with Crippen molar-refractivity contribution in [3.8, 4) is 0 Å². The Kier molecular flexibility index (Phi) is 6.79. The molecule has 1 heterocycles. The predicted molar refractivity (Wildman–Crippen MR) is 83.1 cm³/mol. The average molecular weight is 283 g/mol. The standard InChI is InChI=1S/C17H33NO2/c1-3-18-16(15-10-9-13-19-14-15)17(20-4-2)11-7-5-6-8-12-17/h15-16,18H,3-14H2,1-2H3. The van der Waals surface area contributed by atoms with Gasteiger partial charge in [0.2, 0.25) is 0 Å². The number of hydrogen-bond donors (Lipinski definition) is 1. The maximum Gasteiger partial charge on any atom is 0.0838 e. The average Bonchev–Trinajstić information content (AvgIpc) is 2.72. The van der Waals surface area contributed by atoms with E-state index in [-0.39, 0.29) is 5.60 Å². The zero-order valence-corrected chi connectivity index (χ0v) is 13.5. The monoisotopic (exact) mass is 283 g/mol.